The fourth-order valence-corrected chi connectivity index (χ4v) is 0.882. The Morgan fingerprint density at radius 1 is 1.82 bits per heavy atom. The van der Waals surface area contributed by atoms with Gasteiger partial charge in [0, 0.05) is 11.9 Å². The Balaban J connectivity index is 3.01. The van der Waals surface area contributed by atoms with Gasteiger partial charge in [0.25, 0.3) is 0 Å². The maximum absolute atomic E-state index is 4.10. The van der Waals surface area contributed by atoms with Crippen LogP contribution in [0.2, 0.25) is 0 Å². The second-order valence-corrected chi connectivity index (χ2v) is 2.29. The molecule has 2 heteroatoms. The minimum absolute atomic E-state index is 0.905. The van der Waals surface area contributed by atoms with Crippen molar-refractivity contribution < 1.29 is 0 Å². The molecule has 0 atom stereocenters. The molecule has 0 bridgehead atoms. The molecule has 0 aliphatic heterocycles. The molecule has 0 aliphatic rings. The molecule has 1 rings (SSSR count). The first kappa shape index (κ1) is 7.79. The Morgan fingerprint density at radius 3 is 3.09 bits per heavy atom. The maximum atomic E-state index is 4.10. The Bertz CT molecular complexity index is 271. The average Bonchev–Trinajstić information content (AvgIpc) is 2.50. The third kappa shape index (κ3) is 1.40. The highest BCUT2D eigenvalue weighted by Crippen LogP contribution is 2.09. The van der Waals surface area contributed by atoms with Crippen LogP contribution in [0.15, 0.2) is 25.4 Å². The van der Waals surface area contributed by atoms with Crippen LogP contribution in [0.25, 0.3) is 11.8 Å². The van der Waals surface area contributed by atoms with E-state index in [4.69, 9.17) is 0 Å². The lowest BCUT2D eigenvalue weighted by Crippen LogP contribution is -1.98. The molecule has 0 amide bonds. The molecule has 0 radical (unpaired) electrons. The summed E-state index contributed by atoms with van der Waals surface area (Å²) >= 11 is 0. The second kappa shape index (κ2) is 3.19. The maximum Gasteiger partial charge on any atom is 0.0658 e. The van der Waals surface area contributed by atoms with Gasteiger partial charge < -0.3 is 0 Å². The van der Waals surface area contributed by atoms with E-state index in [1.165, 1.54) is 0 Å². The van der Waals surface area contributed by atoms with E-state index >= 15 is 0 Å². The van der Waals surface area contributed by atoms with Gasteiger partial charge in [0.15, 0.2) is 0 Å². The molecule has 0 saturated heterocycles. The molecule has 1 aromatic heterocycles. The lowest BCUT2D eigenvalue weighted by Gasteiger charge is -2.03. The van der Waals surface area contributed by atoms with Crippen LogP contribution in [-0.4, -0.2) is 9.78 Å². The van der Waals surface area contributed by atoms with Gasteiger partial charge in [-0.05, 0) is 18.6 Å². The summed E-state index contributed by atoms with van der Waals surface area (Å²) in [5.74, 6) is 0. The molecule has 0 N–H and O–H groups in total. The molecule has 1 heterocycles. The highest BCUT2D eigenvalue weighted by Gasteiger charge is 1.98. The zero-order valence-corrected chi connectivity index (χ0v) is 6.75. The van der Waals surface area contributed by atoms with Crippen molar-refractivity contribution >= 4 is 11.8 Å². The van der Waals surface area contributed by atoms with Crippen LogP contribution in [0.4, 0.5) is 0 Å². The minimum atomic E-state index is 0.905. The first-order valence-electron chi connectivity index (χ1n) is 3.64. The standard InChI is InChI=1S/C9H12N2/c1-4-8(3)11-9(5-2)6-7-10-11/h5-7H,2-4H2,1H3. The number of hydrogen-bond acceptors (Lipinski definition) is 1. The van der Waals surface area contributed by atoms with Crippen molar-refractivity contribution in [1.29, 1.82) is 0 Å². The highest BCUT2D eigenvalue weighted by atomic mass is 15.3. The molecule has 0 saturated carbocycles. The number of allylic oxidation sites excluding steroid dienone is 1. The number of rotatable bonds is 3. The van der Waals surface area contributed by atoms with Gasteiger partial charge in [-0.3, -0.25) is 0 Å². The largest absolute Gasteiger partial charge is 0.238 e. The van der Waals surface area contributed by atoms with Crippen LogP contribution in [0, 0.1) is 0 Å². The summed E-state index contributed by atoms with van der Waals surface area (Å²) in [6.07, 6.45) is 4.42. The normalized spacial score (nSPS) is 9.55. The second-order valence-electron chi connectivity index (χ2n) is 2.29. The fraction of sp³-hybridized carbons (Fsp3) is 0.222. The first-order chi connectivity index (χ1) is 5.29. The van der Waals surface area contributed by atoms with Crippen molar-refractivity contribution in [3.05, 3.63) is 31.1 Å². The molecule has 58 valence electrons. The van der Waals surface area contributed by atoms with Gasteiger partial charge in [-0.1, -0.05) is 20.1 Å². The van der Waals surface area contributed by atoms with Crippen LogP contribution in [0.1, 0.15) is 19.0 Å². The summed E-state index contributed by atoms with van der Waals surface area (Å²) in [5, 5.41) is 4.10. The molecular formula is C9H12N2. The zero-order chi connectivity index (χ0) is 8.27. The summed E-state index contributed by atoms with van der Waals surface area (Å²) in [5.41, 5.74) is 1.99. The third-order valence-corrected chi connectivity index (χ3v) is 1.59. The highest BCUT2D eigenvalue weighted by molar-refractivity contribution is 5.50. The zero-order valence-electron chi connectivity index (χ0n) is 6.75. The van der Waals surface area contributed by atoms with Crippen LogP contribution >= 0.6 is 0 Å². The van der Waals surface area contributed by atoms with Crippen molar-refractivity contribution in [2.75, 3.05) is 0 Å². The Kier molecular flexibility index (Phi) is 2.26. The Hall–Kier alpha value is -1.31. The Morgan fingerprint density at radius 2 is 2.55 bits per heavy atom. The predicted octanol–water partition coefficient (Wildman–Crippen LogP) is 2.41. The van der Waals surface area contributed by atoms with E-state index in [1.807, 2.05) is 6.07 Å². The lowest BCUT2D eigenvalue weighted by atomic mass is 10.3. The van der Waals surface area contributed by atoms with Gasteiger partial charge >= 0.3 is 0 Å². The lowest BCUT2D eigenvalue weighted by molar-refractivity contribution is 0.859. The molecule has 2 nitrogen and oxygen atoms in total. The van der Waals surface area contributed by atoms with E-state index < -0.39 is 0 Å². The van der Waals surface area contributed by atoms with Crippen molar-refractivity contribution in [2.45, 2.75) is 13.3 Å². The Labute approximate surface area is 66.8 Å². The van der Waals surface area contributed by atoms with Crippen LogP contribution in [-0.2, 0) is 0 Å². The van der Waals surface area contributed by atoms with Gasteiger partial charge in [-0.2, -0.15) is 5.10 Å². The molecule has 0 unspecified atom stereocenters. The van der Waals surface area contributed by atoms with E-state index in [9.17, 15) is 0 Å². The molecule has 1 aromatic rings. The van der Waals surface area contributed by atoms with E-state index in [0.29, 0.717) is 0 Å². The van der Waals surface area contributed by atoms with Gasteiger partial charge in [-0.15, -0.1) is 0 Å². The smallest absolute Gasteiger partial charge is 0.0658 e. The van der Waals surface area contributed by atoms with E-state index in [-0.39, 0.29) is 0 Å². The summed E-state index contributed by atoms with van der Waals surface area (Å²) in [4.78, 5) is 0. The molecule has 0 fully saturated rings. The topological polar surface area (TPSA) is 17.8 Å². The van der Waals surface area contributed by atoms with Crippen LogP contribution in [0.5, 0.6) is 0 Å². The molecule has 0 aliphatic carbocycles. The summed E-state index contributed by atoms with van der Waals surface area (Å²) in [7, 11) is 0. The number of nitrogens with zero attached hydrogens (tertiary/aromatic N) is 2. The van der Waals surface area contributed by atoms with Gasteiger partial charge in [0.05, 0.1) is 5.69 Å². The van der Waals surface area contributed by atoms with Crippen molar-refractivity contribution in [3.8, 4) is 0 Å². The molecular weight excluding hydrogens is 136 g/mol. The quantitative estimate of drug-likeness (QED) is 0.643. The molecule has 0 aromatic carbocycles. The number of aromatic nitrogens is 2. The van der Waals surface area contributed by atoms with Crippen molar-refractivity contribution in [2.24, 2.45) is 0 Å². The van der Waals surface area contributed by atoms with E-state index in [1.54, 1.807) is 17.0 Å². The fourth-order valence-electron chi connectivity index (χ4n) is 0.882. The summed E-state index contributed by atoms with van der Waals surface area (Å²) in [6, 6.07) is 1.91. The van der Waals surface area contributed by atoms with E-state index in [0.717, 1.165) is 17.8 Å². The molecule has 0 spiro atoms. The van der Waals surface area contributed by atoms with Crippen molar-refractivity contribution in [1.82, 2.24) is 9.78 Å². The predicted molar refractivity (Wildman–Crippen MR) is 47.9 cm³/mol. The third-order valence-electron chi connectivity index (χ3n) is 1.59. The van der Waals surface area contributed by atoms with Crippen LogP contribution in [0.3, 0.4) is 0 Å². The number of hydrogen-bond donors (Lipinski definition) is 0. The van der Waals surface area contributed by atoms with Gasteiger partial charge in [0.1, 0.15) is 0 Å². The van der Waals surface area contributed by atoms with Crippen molar-refractivity contribution in [3.63, 3.8) is 0 Å². The van der Waals surface area contributed by atoms with Gasteiger partial charge in [-0.25, -0.2) is 4.68 Å². The average molecular weight is 148 g/mol. The molecule has 11 heavy (non-hydrogen) atoms. The first-order valence-corrected chi connectivity index (χ1v) is 3.64. The van der Waals surface area contributed by atoms with Gasteiger partial charge in [0.2, 0.25) is 0 Å². The summed E-state index contributed by atoms with van der Waals surface area (Å²) in [6.45, 7) is 9.61. The summed E-state index contributed by atoms with van der Waals surface area (Å²) < 4.78 is 1.80. The van der Waals surface area contributed by atoms with E-state index in [2.05, 4.69) is 25.2 Å². The minimum Gasteiger partial charge on any atom is -0.238 e. The van der Waals surface area contributed by atoms with Crippen LogP contribution < -0.4 is 0 Å². The monoisotopic (exact) mass is 148 g/mol. The SMILES string of the molecule is C=Cc1ccnn1C(=C)CC.